The van der Waals surface area contributed by atoms with Gasteiger partial charge in [0, 0.05) is 13.0 Å². The lowest BCUT2D eigenvalue weighted by molar-refractivity contribution is -0.137. The van der Waals surface area contributed by atoms with Crippen LogP contribution >= 0.6 is 0 Å². The van der Waals surface area contributed by atoms with Crippen LogP contribution in [0.5, 0.6) is 5.75 Å². The van der Waals surface area contributed by atoms with Crippen molar-refractivity contribution in [2.45, 2.75) is 52.6 Å². The molecule has 0 radical (unpaired) electrons. The van der Waals surface area contributed by atoms with Crippen LogP contribution in [0.3, 0.4) is 0 Å². The van der Waals surface area contributed by atoms with Crippen LogP contribution in [0, 0.1) is 5.92 Å². The first-order valence-corrected chi connectivity index (χ1v) is 8.15. The average molecular weight is 319 g/mol. The number of carboxylic acids is 1. The van der Waals surface area contributed by atoms with Gasteiger partial charge in [-0.25, -0.2) is 0 Å². The fraction of sp³-hybridized carbons (Fsp3) is 0.556. The Morgan fingerprint density at radius 3 is 2.57 bits per heavy atom. The summed E-state index contributed by atoms with van der Waals surface area (Å²) < 4.78 is 6.05. The summed E-state index contributed by atoms with van der Waals surface area (Å²) in [5.74, 6) is 0.168. The van der Waals surface area contributed by atoms with Gasteiger partial charge >= 0.3 is 5.97 Å². The van der Waals surface area contributed by atoms with Crippen molar-refractivity contribution in [3.63, 3.8) is 0 Å². The van der Waals surface area contributed by atoms with Gasteiger partial charge < -0.3 is 14.7 Å². The number of fused-ring (bicyclic) bond motifs is 1. The van der Waals surface area contributed by atoms with E-state index < -0.39 is 12.1 Å². The second-order valence-electron chi connectivity index (χ2n) is 6.62. The van der Waals surface area contributed by atoms with Crippen LogP contribution in [-0.4, -0.2) is 29.6 Å². The second kappa shape index (κ2) is 7.02. The Bertz CT molecular complexity index is 595. The normalized spacial score (nSPS) is 17.4. The third kappa shape index (κ3) is 3.66. The van der Waals surface area contributed by atoms with Crippen LogP contribution in [0.4, 0.5) is 5.69 Å². The SMILES string of the molecule is CC(C)c1cccc2c1OC(C(C)C)C(=O)N2CCCC(=O)O. The maximum Gasteiger partial charge on any atom is 0.303 e. The van der Waals surface area contributed by atoms with Crippen molar-refractivity contribution in [3.8, 4) is 5.75 Å². The number of hydrogen-bond donors (Lipinski definition) is 1. The third-order valence-corrected chi connectivity index (χ3v) is 4.07. The standard InChI is InChI=1S/C18H25NO4/c1-11(2)13-7-5-8-14-17(13)23-16(12(3)4)18(22)19(14)10-6-9-15(20)21/h5,7-8,11-12,16H,6,9-10H2,1-4H3,(H,20,21). The van der Waals surface area contributed by atoms with Crippen molar-refractivity contribution in [2.24, 2.45) is 5.92 Å². The van der Waals surface area contributed by atoms with Crippen LogP contribution in [0.25, 0.3) is 0 Å². The molecule has 1 aromatic rings. The van der Waals surface area contributed by atoms with E-state index >= 15 is 0 Å². The fourth-order valence-corrected chi connectivity index (χ4v) is 2.83. The van der Waals surface area contributed by atoms with E-state index in [4.69, 9.17) is 9.84 Å². The molecule has 1 unspecified atom stereocenters. The first kappa shape index (κ1) is 17.3. The summed E-state index contributed by atoms with van der Waals surface area (Å²) in [4.78, 5) is 25.2. The molecule has 0 fully saturated rings. The van der Waals surface area contributed by atoms with E-state index in [-0.39, 0.29) is 24.2 Å². The highest BCUT2D eigenvalue weighted by atomic mass is 16.5. The zero-order valence-corrected chi connectivity index (χ0v) is 14.2. The first-order valence-electron chi connectivity index (χ1n) is 8.15. The van der Waals surface area contributed by atoms with Crippen LogP contribution in [-0.2, 0) is 9.59 Å². The van der Waals surface area contributed by atoms with Crippen molar-refractivity contribution in [1.82, 2.24) is 0 Å². The Morgan fingerprint density at radius 1 is 1.30 bits per heavy atom. The molecule has 1 heterocycles. The second-order valence-corrected chi connectivity index (χ2v) is 6.62. The average Bonchev–Trinajstić information content (AvgIpc) is 2.47. The Morgan fingerprint density at radius 2 is 2.00 bits per heavy atom. The van der Waals surface area contributed by atoms with Gasteiger partial charge in [0.1, 0.15) is 5.75 Å². The molecular formula is C18H25NO4. The lowest BCUT2D eigenvalue weighted by Crippen LogP contribution is -2.49. The van der Waals surface area contributed by atoms with Crippen molar-refractivity contribution in [2.75, 3.05) is 11.4 Å². The van der Waals surface area contributed by atoms with Gasteiger partial charge in [0.05, 0.1) is 5.69 Å². The number of carbonyl (C=O) groups is 2. The van der Waals surface area contributed by atoms with Crippen molar-refractivity contribution in [1.29, 1.82) is 0 Å². The van der Waals surface area contributed by atoms with Crippen LogP contribution in [0.1, 0.15) is 52.0 Å². The molecule has 126 valence electrons. The predicted molar refractivity (Wildman–Crippen MR) is 89.0 cm³/mol. The molecular weight excluding hydrogens is 294 g/mol. The minimum Gasteiger partial charge on any atom is -0.481 e. The molecule has 0 aromatic heterocycles. The molecule has 1 N–H and O–H groups in total. The van der Waals surface area contributed by atoms with E-state index in [1.54, 1.807) is 4.90 Å². The number of ether oxygens (including phenoxy) is 1. The number of aliphatic carboxylic acids is 1. The molecule has 1 aliphatic heterocycles. The molecule has 1 amide bonds. The Labute approximate surface area is 137 Å². The lowest BCUT2D eigenvalue weighted by atomic mass is 9.97. The van der Waals surface area contributed by atoms with Gasteiger partial charge in [0.15, 0.2) is 6.10 Å². The monoisotopic (exact) mass is 319 g/mol. The third-order valence-electron chi connectivity index (χ3n) is 4.07. The predicted octanol–water partition coefficient (Wildman–Crippen LogP) is 3.42. The number of benzene rings is 1. The Balaban J connectivity index is 2.39. The molecule has 0 aliphatic carbocycles. The molecule has 5 heteroatoms. The molecule has 1 aromatic carbocycles. The van der Waals surface area contributed by atoms with Crippen molar-refractivity contribution >= 4 is 17.6 Å². The number of anilines is 1. The van der Waals surface area contributed by atoms with E-state index in [0.29, 0.717) is 13.0 Å². The molecule has 0 bridgehead atoms. The zero-order chi connectivity index (χ0) is 17.1. The molecule has 0 saturated carbocycles. The van der Waals surface area contributed by atoms with Gasteiger partial charge in [-0.1, -0.05) is 39.8 Å². The summed E-state index contributed by atoms with van der Waals surface area (Å²) in [7, 11) is 0. The largest absolute Gasteiger partial charge is 0.481 e. The summed E-state index contributed by atoms with van der Waals surface area (Å²) >= 11 is 0. The van der Waals surface area contributed by atoms with E-state index in [2.05, 4.69) is 13.8 Å². The summed E-state index contributed by atoms with van der Waals surface area (Å²) in [5.41, 5.74) is 1.83. The van der Waals surface area contributed by atoms with E-state index in [0.717, 1.165) is 17.0 Å². The van der Waals surface area contributed by atoms with E-state index in [9.17, 15) is 9.59 Å². The minimum absolute atomic E-state index is 0.0518. The molecule has 2 rings (SSSR count). The molecule has 1 aliphatic rings. The quantitative estimate of drug-likeness (QED) is 0.872. The van der Waals surface area contributed by atoms with Gasteiger partial charge in [0.25, 0.3) is 5.91 Å². The zero-order valence-electron chi connectivity index (χ0n) is 14.2. The number of carbonyl (C=O) groups excluding carboxylic acids is 1. The Hall–Kier alpha value is -2.04. The maximum atomic E-state index is 12.7. The van der Waals surface area contributed by atoms with Gasteiger partial charge in [-0.3, -0.25) is 9.59 Å². The summed E-state index contributed by atoms with van der Waals surface area (Å²) in [5, 5.41) is 8.83. The molecule has 0 spiro atoms. The van der Waals surface area contributed by atoms with Crippen LogP contribution in [0.2, 0.25) is 0 Å². The fourth-order valence-electron chi connectivity index (χ4n) is 2.83. The number of amides is 1. The Kier molecular flexibility index (Phi) is 5.29. The lowest BCUT2D eigenvalue weighted by Gasteiger charge is -2.37. The highest BCUT2D eigenvalue weighted by Gasteiger charge is 2.37. The van der Waals surface area contributed by atoms with E-state index in [1.165, 1.54) is 0 Å². The number of para-hydroxylation sites is 1. The number of nitrogens with zero attached hydrogens (tertiary/aromatic N) is 1. The molecule has 1 atom stereocenters. The molecule has 0 saturated heterocycles. The topological polar surface area (TPSA) is 66.8 Å². The maximum absolute atomic E-state index is 12.7. The van der Waals surface area contributed by atoms with Gasteiger partial charge in [-0.2, -0.15) is 0 Å². The van der Waals surface area contributed by atoms with Gasteiger partial charge in [0.2, 0.25) is 0 Å². The summed E-state index contributed by atoms with van der Waals surface area (Å²) in [6.45, 7) is 8.50. The summed E-state index contributed by atoms with van der Waals surface area (Å²) in [6, 6.07) is 5.81. The number of hydrogen-bond acceptors (Lipinski definition) is 3. The number of rotatable bonds is 6. The van der Waals surface area contributed by atoms with Crippen molar-refractivity contribution in [3.05, 3.63) is 23.8 Å². The highest BCUT2D eigenvalue weighted by Crippen LogP contribution is 2.41. The highest BCUT2D eigenvalue weighted by molar-refractivity contribution is 6.00. The van der Waals surface area contributed by atoms with Crippen molar-refractivity contribution < 1.29 is 19.4 Å². The molecule has 5 nitrogen and oxygen atoms in total. The molecule has 23 heavy (non-hydrogen) atoms. The number of carboxylic acid groups (broad SMARTS) is 1. The van der Waals surface area contributed by atoms with Gasteiger partial charge in [-0.05, 0) is 29.9 Å². The summed E-state index contributed by atoms with van der Waals surface area (Å²) in [6.07, 6.45) is -0.0415. The van der Waals surface area contributed by atoms with Gasteiger partial charge in [-0.15, -0.1) is 0 Å². The smallest absolute Gasteiger partial charge is 0.303 e. The first-order chi connectivity index (χ1) is 10.8. The van der Waals surface area contributed by atoms with Crippen LogP contribution < -0.4 is 9.64 Å². The minimum atomic E-state index is -0.845. The van der Waals surface area contributed by atoms with Crippen LogP contribution in [0.15, 0.2) is 18.2 Å². The van der Waals surface area contributed by atoms with E-state index in [1.807, 2.05) is 32.0 Å².